The Morgan fingerprint density at radius 2 is 2.00 bits per heavy atom. The van der Waals surface area contributed by atoms with Crippen LogP contribution < -0.4 is 11.5 Å². The molecule has 0 radical (unpaired) electrons. The quantitative estimate of drug-likeness (QED) is 0.372. The first-order valence-corrected chi connectivity index (χ1v) is 4.39. The van der Waals surface area contributed by atoms with Gasteiger partial charge in [-0.25, -0.2) is 0 Å². The van der Waals surface area contributed by atoms with E-state index in [1.54, 1.807) is 6.21 Å². The number of guanidine groups is 1. The molecule has 0 aromatic rings. The Morgan fingerprint density at radius 1 is 1.33 bits per heavy atom. The van der Waals surface area contributed by atoms with Crippen molar-refractivity contribution in [2.24, 2.45) is 27.6 Å². The number of nitrogens with zero attached hydrogens (tertiary/aromatic N) is 2. The van der Waals surface area contributed by atoms with Crippen LogP contribution in [-0.2, 0) is 0 Å². The van der Waals surface area contributed by atoms with E-state index in [0.29, 0.717) is 0 Å². The van der Waals surface area contributed by atoms with Crippen LogP contribution in [0.2, 0.25) is 0 Å². The first kappa shape index (κ1) is 9.03. The van der Waals surface area contributed by atoms with Crippen LogP contribution in [0.1, 0.15) is 32.1 Å². The Kier molecular flexibility index (Phi) is 3.57. The minimum Gasteiger partial charge on any atom is -0.369 e. The SMILES string of the molecule is NC(N)=N/N=C/CC1CCCC1. The fraction of sp³-hybridized carbons (Fsp3) is 0.750. The Balaban J connectivity index is 2.15. The van der Waals surface area contributed by atoms with Crippen molar-refractivity contribution in [2.75, 3.05) is 0 Å². The Hall–Kier alpha value is -1.06. The van der Waals surface area contributed by atoms with Gasteiger partial charge in [0.05, 0.1) is 0 Å². The first-order valence-electron chi connectivity index (χ1n) is 4.39. The topological polar surface area (TPSA) is 76.8 Å². The van der Waals surface area contributed by atoms with Gasteiger partial charge in [-0.15, -0.1) is 5.10 Å². The summed E-state index contributed by atoms with van der Waals surface area (Å²) in [5, 5.41) is 7.27. The van der Waals surface area contributed by atoms with Crippen LogP contribution >= 0.6 is 0 Å². The molecule has 0 atom stereocenters. The second-order valence-corrected chi connectivity index (χ2v) is 3.21. The molecular formula is C8H16N4. The molecule has 0 aliphatic heterocycles. The summed E-state index contributed by atoms with van der Waals surface area (Å²) in [6.45, 7) is 0. The highest BCUT2D eigenvalue weighted by Crippen LogP contribution is 2.26. The molecule has 4 heteroatoms. The molecule has 1 saturated carbocycles. The minimum atomic E-state index is 0.0256. The van der Waals surface area contributed by atoms with E-state index in [4.69, 9.17) is 11.5 Å². The van der Waals surface area contributed by atoms with Gasteiger partial charge in [0.25, 0.3) is 0 Å². The Labute approximate surface area is 72.7 Å². The van der Waals surface area contributed by atoms with Gasteiger partial charge in [0.15, 0.2) is 0 Å². The van der Waals surface area contributed by atoms with Gasteiger partial charge < -0.3 is 11.5 Å². The molecule has 0 aromatic heterocycles. The van der Waals surface area contributed by atoms with Crippen LogP contribution in [0.5, 0.6) is 0 Å². The van der Waals surface area contributed by atoms with Crippen molar-refractivity contribution in [3.8, 4) is 0 Å². The fourth-order valence-corrected chi connectivity index (χ4v) is 1.55. The summed E-state index contributed by atoms with van der Waals surface area (Å²) in [6, 6.07) is 0. The lowest BCUT2D eigenvalue weighted by Gasteiger charge is -2.01. The molecule has 12 heavy (non-hydrogen) atoms. The van der Waals surface area contributed by atoms with Crippen molar-refractivity contribution in [1.82, 2.24) is 0 Å². The summed E-state index contributed by atoms with van der Waals surface area (Å²) in [6.07, 6.45) is 8.19. The predicted octanol–water partition coefficient (Wildman–Crippen LogP) is 0.826. The summed E-state index contributed by atoms with van der Waals surface area (Å²) < 4.78 is 0. The van der Waals surface area contributed by atoms with Crippen molar-refractivity contribution < 1.29 is 0 Å². The average molecular weight is 168 g/mol. The van der Waals surface area contributed by atoms with E-state index in [1.807, 2.05) is 0 Å². The van der Waals surface area contributed by atoms with E-state index >= 15 is 0 Å². The monoisotopic (exact) mass is 168 g/mol. The van der Waals surface area contributed by atoms with Crippen molar-refractivity contribution >= 4 is 12.2 Å². The van der Waals surface area contributed by atoms with Gasteiger partial charge in [0.2, 0.25) is 5.96 Å². The van der Waals surface area contributed by atoms with Crippen LogP contribution in [0.25, 0.3) is 0 Å². The zero-order valence-electron chi connectivity index (χ0n) is 7.24. The van der Waals surface area contributed by atoms with E-state index in [2.05, 4.69) is 10.2 Å². The van der Waals surface area contributed by atoms with Gasteiger partial charge in [-0.05, 0) is 12.3 Å². The van der Waals surface area contributed by atoms with E-state index in [9.17, 15) is 0 Å². The van der Waals surface area contributed by atoms with Crippen LogP contribution in [0, 0.1) is 5.92 Å². The summed E-state index contributed by atoms with van der Waals surface area (Å²) >= 11 is 0. The van der Waals surface area contributed by atoms with E-state index in [1.165, 1.54) is 25.7 Å². The normalized spacial score (nSPS) is 18.7. The molecule has 0 aromatic carbocycles. The Bertz CT molecular complexity index is 175. The van der Waals surface area contributed by atoms with E-state index in [0.717, 1.165) is 12.3 Å². The summed E-state index contributed by atoms with van der Waals surface area (Å²) in [4.78, 5) is 0. The Morgan fingerprint density at radius 3 is 2.58 bits per heavy atom. The van der Waals surface area contributed by atoms with Crippen LogP contribution in [0.15, 0.2) is 10.2 Å². The number of hydrogen-bond acceptors (Lipinski definition) is 2. The molecule has 0 heterocycles. The number of nitrogens with two attached hydrogens (primary N) is 2. The molecule has 0 amide bonds. The molecule has 0 saturated heterocycles. The summed E-state index contributed by atoms with van der Waals surface area (Å²) in [7, 11) is 0. The fourth-order valence-electron chi connectivity index (χ4n) is 1.55. The third-order valence-electron chi connectivity index (χ3n) is 2.17. The maximum absolute atomic E-state index is 5.10. The maximum atomic E-state index is 5.10. The second-order valence-electron chi connectivity index (χ2n) is 3.21. The molecule has 0 spiro atoms. The van der Waals surface area contributed by atoms with Gasteiger partial charge in [-0.3, -0.25) is 0 Å². The molecule has 4 N–H and O–H groups in total. The number of hydrogen-bond donors (Lipinski definition) is 2. The van der Waals surface area contributed by atoms with Gasteiger partial charge in [-0.2, -0.15) is 5.10 Å². The molecule has 68 valence electrons. The molecule has 4 nitrogen and oxygen atoms in total. The van der Waals surface area contributed by atoms with Crippen LogP contribution in [0.4, 0.5) is 0 Å². The molecule has 1 fully saturated rings. The van der Waals surface area contributed by atoms with Gasteiger partial charge in [-0.1, -0.05) is 25.7 Å². The van der Waals surface area contributed by atoms with Crippen molar-refractivity contribution in [2.45, 2.75) is 32.1 Å². The van der Waals surface area contributed by atoms with Gasteiger partial charge in [0.1, 0.15) is 0 Å². The lowest BCUT2D eigenvalue weighted by Crippen LogP contribution is -2.21. The standard InChI is InChI=1S/C8H16N4/c9-8(10)12-11-6-5-7-3-1-2-4-7/h6-7H,1-5H2,(H4,9,10,12)/b11-6+. The largest absolute Gasteiger partial charge is 0.369 e. The van der Waals surface area contributed by atoms with Crippen LogP contribution in [0.3, 0.4) is 0 Å². The van der Waals surface area contributed by atoms with Gasteiger partial charge >= 0.3 is 0 Å². The average Bonchev–Trinajstić information content (AvgIpc) is 2.49. The molecule has 0 unspecified atom stereocenters. The van der Waals surface area contributed by atoms with Crippen molar-refractivity contribution in [3.05, 3.63) is 0 Å². The lowest BCUT2D eigenvalue weighted by atomic mass is 10.1. The second kappa shape index (κ2) is 4.74. The third kappa shape index (κ3) is 3.37. The van der Waals surface area contributed by atoms with E-state index in [-0.39, 0.29) is 5.96 Å². The molecule has 1 aliphatic rings. The van der Waals surface area contributed by atoms with Crippen molar-refractivity contribution in [1.29, 1.82) is 0 Å². The zero-order chi connectivity index (χ0) is 8.81. The first-order chi connectivity index (χ1) is 5.79. The molecule has 0 bridgehead atoms. The predicted molar refractivity (Wildman–Crippen MR) is 50.9 cm³/mol. The minimum absolute atomic E-state index is 0.0256. The zero-order valence-corrected chi connectivity index (χ0v) is 7.24. The highest BCUT2D eigenvalue weighted by molar-refractivity contribution is 5.76. The van der Waals surface area contributed by atoms with E-state index < -0.39 is 0 Å². The smallest absolute Gasteiger partial charge is 0.211 e. The summed E-state index contributed by atoms with van der Waals surface area (Å²) in [5.41, 5.74) is 10.2. The highest BCUT2D eigenvalue weighted by atomic mass is 15.3. The molecule has 1 aliphatic carbocycles. The third-order valence-corrected chi connectivity index (χ3v) is 2.17. The number of rotatable bonds is 3. The lowest BCUT2D eigenvalue weighted by molar-refractivity contribution is 0.577. The van der Waals surface area contributed by atoms with Crippen molar-refractivity contribution in [3.63, 3.8) is 0 Å². The van der Waals surface area contributed by atoms with Gasteiger partial charge in [0, 0.05) is 6.21 Å². The molecular weight excluding hydrogens is 152 g/mol. The summed E-state index contributed by atoms with van der Waals surface area (Å²) in [5.74, 6) is 0.834. The maximum Gasteiger partial charge on any atom is 0.211 e. The highest BCUT2D eigenvalue weighted by Gasteiger charge is 2.12. The molecule has 1 rings (SSSR count). The van der Waals surface area contributed by atoms with Crippen LogP contribution in [-0.4, -0.2) is 12.2 Å².